The molecular formula is C20H25N3O. The lowest BCUT2D eigenvalue weighted by molar-refractivity contribution is -0.128. The van der Waals surface area contributed by atoms with Crippen molar-refractivity contribution in [2.24, 2.45) is 5.73 Å². The molecule has 3 N–H and O–H groups in total. The molecule has 1 heterocycles. The van der Waals surface area contributed by atoms with Crippen LogP contribution in [0.4, 0.5) is 0 Å². The number of nitrogens with two attached hydrogens (primary N) is 1. The predicted octanol–water partition coefficient (Wildman–Crippen LogP) is 2.32. The van der Waals surface area contributed by atoms with Gasteiger partial charge in [0.2, 0.25) is 5.91 Å². The Balaban J connectivity index is 1.83. The van der Waals surface area contributed by atoms with Crippen LogP contribution in [0.1, 0.15) is 30.0 Å². The molecule has 1 amide bonds. The van der Waals surface area contributed by atoms with E-state index in [0.717, 1.165) is 24.2 Å². The average molecular weight is 323 g/mol. The summed E-state index contributed by atoms with van der Waals surface area (Å²) in [6, 6.07) is 19.9. The molecule has 1 aliphatic heterocycles. The predicted molar refractivity (Wildman–Crippen MR) is 96.5 cm³/mol. The Kier molecular flexibility index (Phi) is 4.97. The molecule has 126 valence electrons. The molecule has 0 atom stereocenters. The molecule has 24 heavy (non-hydrogen) atoms. The molecule has 1 saturated heterocycles. The lowest BCUT2D eigenvalue weighted by Crippen LogP contribution is -2.59. The second-order valence-electron chi connectivity index (χ2n) is 6.69. The number of benzene rings is 2. The molecule has 0 aromatic heterocycles. The first kappa shape index (κ1) is 16.7. The first-order valence-electron chi connectivity index (χ1n) is 8.47. The highest BCUT2D eigenvalue weighted by Gasteiger charge is 2.38. The van der Waals surface area contributed by atoms with Crippen LogP contribution in [-0.4, -0.2) is 36.5 Å². The van der Waals surface area contributed by atoms with Crippen LogP contribution in [0.3, 0.4) is 0 Å². The summed E-state index contributed by atoms with van der Waals surface area (Å²) in [6.07, 6.45) is 1.37. The van der Waals surface area contributed by atoms with Crippen molar-refractivity contribution in [3.05, 3.63) is 71.8 Å². The van der Waals surface area contributed by atoms with Gasteiger partial charge in [-0.3, -0.25) is 4.79 Å². The quantitative estimate of drug-likeness (QED) is 0.908. The number of hydrogen-bond acceptors (Lipinski definition) is 3. The Bertz CT molecular complexity index is 624. The lowest BCUT2D eigenvalue weighted by atomic mass is 9.87. The van der Waals surface area contributed by atoms with Gasteiger partial charge in [0.15, 0.2) is 0 Å². The number of carbonyl (C=O) groups is 1. The summed E-state index contributed by atoms with van der Waals surface area (Å²) in [6.45, 7) is 1.70. The minimum Gasteiger partial charge on any atom is -0.344 e. The monoisotopic (exact) mass is 323 g/mol. The Morgan fingerprint density at radius 3 is 1.92 bits per heavy atom. The maximum Gasteiger partial charge on any atom is 0.240 e. The van der Waals surface area contributed by atoms with Crippen molar-refractivity contribution in [2.75, 3.05) is 20.1 Å². The number of nitrogens with one attached hydrogen (secondary N) is 1. The van der Waals surface area contributed by atoms with Crippen molar-refractivity contribution < 1.29 is 4.79 Å². The Morgan fingerprint density at radius 2 is 1.46 bits per heavy atom. The Hall–Kier alpha value is -2.17. The normalized spacial score (nSPS) is 17.6. The van der Waals surface area contributed by atoms with E-state index in [0.29, 0.717) is 12.8 Å². The van der Waals surface area contributed by atoms with Crippen molar-refractivity contribution in [1.82, 2.24) is 10.2 Å². The summed E-state index contributed by atoms with van der Waals surface area (Å²) < 4.78 is 0. The van der Waals surface area contributed by atoms with Crippen LogP contribution in [0.5, 0.6) is 0 Å². The van der Waals surface area contributed by atoms with E-state index in [-0.39, 0.29) is 11.9 Å². The average Bonchev–Trinajstić information content (AvgIpc) is 2.63. The molecule has 2 aromatic carbocycles. The third kappa shape index (κ3) is 3.66. The largest absolute Gasteiger partial charge is 0.344 e. The van der Waals surface area contributed by atoms with Crippen LogP contribution in [0.15, 0.2) is 60.7 Å². The van der Waals surface area contributed by atoms with Crippen molar-refractivity contribution in [3.63, 3.8) is 0 Å². The summed E-state index contributed by atoms with van der Waals surface area (Å²) in [4.78, 5) is 15.1. The zero-order valence-electron chi connectivity index (χ0n) is 14.1. The number of nitrogens with zero attached hydrogens (tertiary/aromatic N) is 1. The van der Waals surface area contributed by atoms with E-state index in [2.05, 4.69) is 17.3 Å². The topological polar surface area (TPSA) is 58.4 Å². The van der Waals surface area contributed by atoms with Gasteiger partial charge in [-0.15, -0.1) is 0 Å². The summed E-state index contributed by atoms with van der Waals surface area (Å²) in [5.74, 6) is -0.0618. The van der Waals surface area contributed by atoms with Crippen LogP contribution >= 0.6 is 0 Å². The summed E-state index contributed by atoms with van der Waals surface area (Å²) in [7, 11) is 2.06. The van der Waals surface area contributed by atoms with Crippen LogP contribution in [-0.2, 0) is 4.79 Å². The maximum absolute atomic E-state index is 12.9. The highest BCUT2D eigenvalue weighted by molar-refractivity contribution is 5.87. The third-order valence-electron chi connectivity index (χ3n) is 4.87. The first-order chi connectivity index (χ1) is 11.6. The molecule has 3 rings (SSSR count). The van der Waals surface area contributed by atoms with Gasteiger partial charge in [-0.1, -0.05) is 60.7 Å². The molecule has 2 aromatic rings. The van der Waals surface area contributed by atoms with Gasteiger partial charge in [0, 0.05) is 13.1 Å². The van der Waals surface area contributed by atoms with Crippen molar-refractivity contribution in [2.45, 2.75) is 24.4 Å². The minimum atomic E-state index is -0.783. The fourth-order valence-corrected chi connectivity index (χ4v) is 3.17. The molecule has 0 unspecified atom stereocenters. The minimum absolute atomic E-state index is 0.0618. The smallest absolute Gasteiger partial charge is 0.240 e. The van der Waals surface area contributed by atoms with Crippen LogP contribution < -0.4 is 11.1 Å². The zero-order chi connectivity index (χ0) is 17.0. The Morgan fingerprint density at radius 1 is 1.00 bits per heavy atom. The number of rotatable bonds is 4. The zero-order valence-corrected chi connectivity index (χ0v) is 14.1. The van der Waals surface area contributed by atoms with E-state index < -0.39 is 5.54 Å². The molecule has 0 bridgehead atoms. The van der Waals surface area contributed by atoms with E-state index in [9.17, 15) is 4.79 Å². The van der Waals surface area contributed by atoms with E-state index in [1.807, 2.05) is 60.7 Å². The number of carbonyl (C=O) groups excluding carboxylic acids is 1. The van der Waals surface area contributed by atoms with Crippen molar-refractivity contribution in [3.8, 4) is 0 Å². The second-order valence-corrected chi connectivity index (χ2v) is 6.69. The lowest BCUT2D eigenvalue weighted by Gasteiger charge is -2.37. The maximum atomic E-state index is 12.9. The summed E-state index contributed by atoms with van der Waals surface area (Å²) in [5.41, 5.74) is 7.77. The number of likely N-dealkylation sites (tertiary alicyclic amines) is 1. The molecule has 0 spiro atoms. The molecule has 0 aliphatic carbocycles. The van der Waals surface area contributed by atoms with Crippen molar-refractivity contribution >= 4 is 5.91 Å². The summed E-state index contributed by atoms with van der Waals surface area (Å²) in [5, 5.41) is 3.19. The van der Waals surface area contributed by atoms with E-state index >= 15 is 0 Å². The molecule has 0 saturated carbocycles. The van der Waals surface area contributed by atoms with E-state index in [4.69, 9.17) is 5.73 Å². The van der Waals surface area contributed by atoms with Gasteiger partial charge >= 0.3 is 0 Å². The molecule has 1 fully saturated rings. The number of amides is 1. The highest BCUT2D eigenvalue weighted by atomic mass is 16.2. The molecule has 4 heteroatoms. The van der Waals surface area contributed by atoms with Crippen LogP contribution in [0, 0.1) is 0 Å². The van der Waals surface area contributed by atoms with Crippen LogP contribution in [0.25, 0.3) is 0 Å². The van der Waals surface area contributed by atoms with Crippen LogP contribution in [0.2, 0.25) is 0 Å². The Labute approximate surface area is 143 Å². The van der Waals surface area contributed by atoms with Gasteiger partial charge in [0.25, 0.3) is 0 Å². The van der Waals surface area contributed by atoms with Crippen molar-refractivity contribution in [1.29, 1.82) is 0 Å². The van der Waals surface area contributed by atoms with Gasteiger partial charge in [0.05, 0.1) is 11.6 Å². The van der Waals surface area contributed by atoms with Gasteiger partial charge in [0.1, 0.15) is 0 Å². The number of piperidine rings is 1. The van der Waals surface area contributed by atoms with Gasteiger partial charge in [-0.25, -0.2) is 0 Å². The van der Waals surface area contributed by atoms with Gasteiger partial charge in [-0.2, -0.15) is 0 Å². The fourth-order valence-electron chi connectivity index (χ4n) is 3.17. The second kappa shape index (κ2) is 7.16. The van der Waals surface area contributed by atoms with E-state index in [1.165, 1.54) is 0 Å². The SMILES string of the molecule is CN1CCC(N)(C(=O)NC(c2ccccc2)c2ccccc2)CC1. The standard InChI is InChI=1S/C20H25N3O/c1-23-14-12-20(21,13-15-23)19(24)22-18(16-8-4-2-5-9-16)17-10-6-3-7-11-17/h2-11,18H,12-15,21H2,1H3,(H,22,24). The number of hydrogen-bond donors (Lipinski definition) is 2. The molecule has 1 aliphatic rings. The highest BCUT2D eigenvalue weighted by Crippen LogP contribution is 2.25. The third-order valence-corrected chi connectivity index (χ3v) is 4.87. The molecule has 4 nitrogen and oxygen atoms in total. The first-order valence-corrected chi connectivity index (χ1v) is 8.47. The van der Waals surface area contributed by atoms with Gasteiger partial charge in [-0.05, 0) is 31.0 Å². The van der Waals surface area contributed by atoms with Gasteiger partial charge < -0.3 is 16.0 Å². The molecular weight excluding hydrogens is 298 g/mol. The van der Waals surface area contributed by atoms with E-state index in [1.54, 1.807) is 0 Å². The fraction of sp³-hybridized carbons (Fsp3) is 0.350. The molecule has 0 radical (unpaired) electrons. The summed E-state index contributed by atoms with van der Waals surface area (Å²) >= 11 is 0.